The Balaban J connectivity index is 2.22. The summed E-state index contributed by atoms with van der Waals surface area (Å²) in [5.74, 6) is 0.269. The molecule has 2 heterocycles. The van der Waals surface area contributed by atoms with E-state index in [9.17, 15) is 0 Å². The largest absolute Gasteiger partial charge is 0.366 e. The third-order valence-electron chi connectivity index (χ3n) is 1.60. The summed E-state index contributed by atoms with van der Waals surface area (Å²) in [5, 5.41) is 5.01. The van der Waals surface area contributed by atoms with Crippen molar-refractivity contribution in [3.63, 3.8) is 0 Å². The van der Waals surface area contributed by atoms with Gasteiger partial charge >= 0.3 is 0 Å². The van der Waals surface area contributed by atoms with Crippen molar-refractivity contribution >= 4 is 33.2 Å². The first-order valence-electron chi connectivity index (χ1n) is 3.92. The Labute approximate surface area is 93.1 Å². The van der Waals surface area contributed by atoms with Gasteiger partial charge in [-0.2, -0.15) is 4.98 Å². The minimum absolute atomic E-state index is 0.269. The Morgan fingerprint density at radius 1 is 1.64 bits per heavy atom. The van der Waals surface area contributed by atoms with Crippen molar-refractivity contribution in [2.75, 3.05) is 5.73 Å². The summed E-state index contributed by atoms with van der Waals surface area (Å²) in [6.07, 6.45) is 1.84. The lowest BCUT2D eigenvalue weighted by Gasteiger charge is -1.96. The number of hydrogen-bond acceptors (Lipinski definition) is 5. The highest BCUT2D eigenvalue weighted by Gasteiger charge is 2.07. The second kappa shape index (κ2) is 3.66. The standard InChI is InChI=1S/C7H8BrN5S/c1-4-2-10-5(14-4)3-13-6(8)11-7(9)12-13/h2H,3H2,1H3,(H2,9,12). The molecule has 74 valence electrons. The van der Waals surface area contributed by atoms with E-state index in [1.807, 2.05) is 13.1 Å². The molecule has 0 bridgehead atoms. The van der Waals surface area contributed by atoms with Crippen LogP contribution in [0.3, 0.4) is 0 Å². The number of thiazole rings is 1. The molecule has 0 saturated carbocycles. The Hall–Kier alpha value is -0.950. The number of anilines is 1. The maximum Gasteiger partial charge on any atom is 0.240 e. The smallest absolute Gasteiger partial charge is 0.240 e. The zero-order valence-electron chi connectivity index (χ0n) is 7.44. The van der Waals surface area contributed by atoms with Crippen molar-refractivity contribution in [2.45, 2.75) is 13.5 Å². The molecule has 2 N–H and O–H groups in total. The average Bonchev–Trinajstić information content (AvgIpc) is 2.61. The Morgan fingerprint density at radius 2 is 2.43 bits per heavy atom. The molecule has 0 saturated heterocycles. The van der Waals surface area contributed by atoms with Gasteiger partial charge in [-0.25, -0.2) is 9.67 Å². The molecule has 0 aliphatic carbocycles. The molecular formula is C7H8BrN5S. The van der Waals surface area contributed by atoms with Gasteiger partial charge in [0.2, 0.25) is 5.95 Å². The molecule has 0 unspecified atom stereocenters. The lowest BCUT2D eigenvalue weighted by Crippen LogP contribution is -2.02. The van der Waals surface area contributed by atoms with Crippen LogP contribution in [0.15, 0.2) is 10.9 Å². The quantitative estimate of drug-likeness (QED) is 0.899. The first-order valence-corrected chi connectivity index (χ1v) is 5.53. The van der Waals surface area contributed by atoms with E-state index in [0.29, 0.717) is 11.3 Å². The van der Waals surface area contributed by atoms with E-state index in [4.69, 9.17) is 5.73 Å². The van der Waals surface area contributed by atoms with Crippen LogP contribution in [-0.2, 0) is 6.54 Å². The normalized spacial score (nSPS) is 10.7. The van der Waals surface area contributed by atoms with Gasteiger partial charge in [-0.1, -0.05) is 0 Å². The van der Waals surface area contributed by atoms with Gasteiger partial charge in [-0.3, -0.25) is 0 Å². The molecule has 7 heteroatoms. The van der Waals surface area contributed by atoms with E-state index in [1.165, 1.54) is 4.88 Å². The van der Waals surface area contributed by atoms with Crippen LogP contribution in [0.25, 0.3) is 0 Å². The molecule has 0 fully saturated rings. The van der Waals surface area contributed by atoms with E-state index in [0.717, 1.165) is 5.01 Å². The van der Waals surface area contributed by atoms with Crippen LogP contribution in [0.5, 0.6) is 0 Å². The first-order chi connectivity index (χ1) is 6.65. The molecule has 2 aromatic heterocycles. The first kappa shape index (κ1) is 9.60. The minimum Gasteiger partial charge on any atom is -0.366 e. The van der Waals surface area contributed by atoms with Crippen molar-refractivity contribution in [3.8, 4) is 0 Å². The van der Waals surface area contributed by atoms with Crippen LogP contribution >= 0.6 is 27.3 Å². The Kier molecular flexibility index (Phi) is 2.51. The third-order valence-corrected chi connectivity index (χ3v) is 3.08. The number of halogens is 1. The molecule has 14 heavy (non-hydrogen) atoms. The molecule has 0 aliphatic heterocycles. The molecule has 2 aromatic rings. The van der Waals surface area contributed by atoms with Crippen molar-refractivity contribution in [2.24, 2.45) is 0 Å². The summed E-state index contributed by atoms with van der Waals surface area (Å²) in [7, 11) is 0. The number of rotatable bonds is 2. The average molecular weight is 274 g/mol. The Morgan fingerprint density at radius 3 is 2.93 bits per heavy atom. The second-order valence-corrected chi connectivity index (χ2v) is 4.79. The number of aryl methyl sites for hydroxylation is 1. The van der Waals surface area contributed by atoms with Gasteiger partial charge in [0, 0.05) is 11.1 Å². The lowest BCUT2D eigenvalue weighted by atomic mass is 10.6. The SMILES string of the molecule is Cc1cnc(Cn2nc(N)nc2Br)s1. The fourth-order valence-electron chi connectivity index (χ4n) is 1.04. The van der Waals surface area contributed by atoms with Crippen molar-refractivity contribution in [3.05, 3.63) is 20.8 Å². The fraction of sp³-hybridized carbons (Fsp3) is 0.286. The number of hydrogen-bond donors (Lipinski definition) is 1. The zero-order chi connectivity index (χ0) is 10.1. The highest BCUT2D eigenvalue weighted by Crippen LogP contribution is 2.15. The predicted molar refractivity (Wildman–Crippen MR) is 58.1 cm³/mol. The molecule has 0 aliphatic rings. The van der Waals surface area contributed by atoms with E-state index in [2.05, 4.69) is 31.0 Å². The maximum absolute atomic E-state index is 5.45. The van der Waals surface area contributed by atoms with Gasteiger partial charge in [0.05, 0.1) is 6.54 Å². The van der Waals surface area contributed by atoms with Gasteiger partial charge < -0.3 is 5.73 Å². The number of nitrogen functional groups attached to an aromatic ring is 1. The van der Waals surface area contributed by atoms with Crippen LogP contribution in [0.2, 0.25) is 0 Å². The summed E-state index contributed by atoms with van der Waals surface area (Å²) >= 11 is 4.91. The highest BCUT2D eigenvalue weighted by atomic mass is 79.9. The van der Waals surface area contributed by atoms with Crippen LogP contribution in [0, 0.1) is 6.92 Å². The number of aromatic nitrogens is 4. The molecule has 0 spiro atoms. The molecule has 0 aromatic carbocycles. The zero-order valence-corrected chi connectivity index (χ0v) is 9.84. The second-order valence-electron chi connectivity index (χ2n) is 2.76. The summed E-state index contributed by atoms with van der Waals surface area (Å²) in [6.45, 7) is 2.62. The summed E-state index contributed by atoms with van der Waals surface area (Å²) in [5.41, 5.74) is 5.45. The molecule has 5 nitrogen and oxygen atoms in total. The van der Waals surface area contributed by atoms with Crippen LogP contribution in [-0.4, -0.2) is 19.7 Å². The van der Waals surface area contributed by atoms with Crippen LogP contribution < -0.4 is 5.73 Å². The molecule has 0 radical (unpaired) electrons. The third kappa shape index (κ3) is 1.93. The highest BCUT2D eigenvalue weighted by molar-refractivity contribution is 9.10. The fourth-order valence-corrected chi connectivity index (χ4v) is 2.20. The number of nitrogens with zero attached hydrogens (tertiary/aromatic N) is 4. The molecular weight excluding hydrogens is 266 g/mol. The van der Waals surface area contributed by atoms with E-state index in [-0.39, 0.29) is 5.95 Å². The van der Waals surface area contributed by atoms with E-state index in [1.54, 1.807) is 16.0 Å². The summed E-state index contributed by atoms with van der Waals surface area (Å²) < 4.78 is 2.30. The minimum atomic E-state index is 0.269. The van der Waals surface area contributed by atoms with Gasteiger partial charge in [-0.05, 0) is 22.9 Å². The van der Waals surface area contributed by atoms with Crippen LogP contribution in [0.4, 0.5) is 5.95 Å². The maximum atomic E-state index is 5.45. The lowest BCUT2D eigenvalue weighted by molar-refractivity contribution is 0.667. The molecule has 2 rings (SSSR count). The topological polar surface area (TPSA) is 69.6 Å². The van der Waals surface area contributed by atoms with Crippen molar-refractivity contribution < 1.29 is 0 Å². The molecule has 0 atom stereocenters. The summed E-state index contributed by atoms with van der Waals surface area (Å²) in [6, 6.07) is 0. The predicted octanol–water partition coefficient (Wildman–Crippen LogP) is 1.44. The Bertz CT molecular complexity index is 449. The van der Waals surface area contributed by atoms with Crippen LogP contribution in [0.1, 0.15) is 9.88 Å². The van der Waals surface area contributed by atoms with Gasteiger partial charge in [0.15, 0.2) is 4.73 Å². The van der Waals surface area contributed by atoms with Crippen molar-refractivity contribution in [1.29, 1.82) is 0 Å². The van der Waals surface area contributed by atoms with Gasteiger partial charge in [-0.15, -0.1) is 16.4 Å². The number of nitrogens with two attached hydrogens (primary N) is 1. The van der Waals surface area contributed by atoms with Gasteiger partial charge in [0.1, 0.15) is 5.01 Å². The van der Waals surface area contributed by atoms with E-state index < -0.39 is 0 Å². The summed E-state index contributed by atoms with van der Waals surface area (Å²) in [4.78, 5) is 9.35. The molecule has 0 amide bonds. The monoisotopic (exact) mass is 273 g/mol. The van der Waals surface area contributed by atoms with E-state index >= 15 is 0 Å². The van der Waals surface area contributed by atoms with Gasteiger partial charge in [0.25, 0.3) is 0 Å². The van der Waals surface area contributed by atoms with Crippen molar-refractivity contribution in [1.82, 2.24) is 19.7 Å².